The molecule has 41 heavy (non-hydrogen) atoms. The summed E-state index contributed by atoms with van der Waals surface area (Å²) in [5.74, 6) is -2.56. The van der Waals surface area contributed by atoms with Crippen molar-refractivity contribution in [3.05, 3.63) is 65.5 Å². The number of halogens is 1. The number of rotatable bonds is 10. The molecule has 0 aromatic heterocycles. The number of carbonyl (C=O) groups excluding carboxylic acids is 3. The summed E-state index contributed by atoms with van der Waals surface area (Å²) >= 11 is 0. The van der Waals surface area contributed by atoms with E-state index in [2.05, 4.69) is 10.2 Å². The second-order valence-electron chi connectivity index (χ2n) is 10.2. The van der Waals surface area contributed by atoms with Crippen molar-refractivity contribution in [3.63, 3.8) is 0 Å². The fourth-order valence-corrected chi connectivity index (χ4v) is 6.83. The van der Waals surface area contributed by atoms with Gasteiger partial charge in [-0.3, -0.25) is 19.3 Å². The first-order chi connectivity index (χ1) is 19.8. The van der Waals surface area contributed by atoms with E-state index in [1.54, 1.807) is 6.07 Å². The number of hydrogen-bond acceptors (Lipinski definition) is 8. The zero-order chi connectivity index (χ0) is 29.0. The molecule has 3 aliphatic heterocycles. The molecule has 2 aromatic carbocycles. The lowest BCUT2D eigenvalue weighted by Gasteiger charge is -2.35. The van der Waals surface area contributed by atoms with Gasteiger partial charge in [-0.1, -0.05) is 24.3 Å². The molecule has 3 heterocycles. The van der Waals surface area contributed by atoms with Crippen molar-refractivity contribution in [3.8, 4) is 0 Å². The molecule has 2 saturated heterocycles. The van der Waals surface area contributed by atoms with Gasteiger partial charge in [0.1, 0.15) is 23.3 Å². The van der Waals surface area contributed by atoms with Crippen molar-refractivity contribution in [2.45, 2.75) is 29.9 Å². The summed E-state index contributed by atoms with van der Waals surface area (Å²) in [5, 5.41) is 2.86. The zero-order valence-corrected chi connectivity index (χ0v) is 23.4. The van der Waals surface area contributed by atoms with Gasteiger partial charge in [0.2, 0.25) is 11.8 Å². The number of nitrogens with zero attached hydrogens (tertiary/aromatic N) is 3. The Morgan fingerprint density at radius 2 is 1.80 bits per heavy atom. The van der Waals surface area contributed by atoms with Crippen LogP contribution < -0.4 is 5.32 Å². The summed E-state index contributed by atoms with van der Waals surface area (Å²) in [6, 6.07) is 9.83. The SMILES string of the molecule is O=C(NC[C@@H]1CCCO1)[C@H](c1ccc(F)cc1)N(CCN1CCOCC1)C(=O)CN1C(=O)c2ccccc2S1(=O)=O. The molecule has 5 rings (SSSR count). The molecule has 1 N–H and O–H groups in total. The number of ether oxygens (including phenoxy) is 2. The fraction of sp³-hybridized carbons (Fsp3) is 0.464. The van der Waals surface area contributed by atoms with Gasteiger partial charge < -0.3 is 19.7 Å². The van der Waals surface area contributed by atoms with Crippen LogP contribution >= 0.6 is 0 Å². The molecule has 0 bridgehead atoms. The molecule has 3 amide bonds. The van der Waals surface area contributed by atoms with Gasteiger partial charge >= 0.3 is 0 Å². The Hall–Kier alpha value is -3.39. The van der Waals surface area contributed by atoms with Gasteiger partial charge in [0.15, 0.2) is 0 Å². The molecule has 11 nitrogen and oxygen atoms in total. The number of nitrogens with one attached hydrogen (secondary N) is 1. The first-order valence-corrected chi connectivity index (χ1v) is 15.1. The van der Waals surface area contributed by atoms with E-state index >= 15 is 0 Å². The molecule has 13 heteroatoms. The summed E-state index contributed by atoms with van der Waals surface area (Å²) in [6.07, 6.45) is 1.51. The number of amides is 3. The van der Waals surface area contributed by atoms with Crippen LogP contribution in [0.25, 0.3) is 0 Å². The lowest BCUT2D eigenvalue weighted by atomic mass is 10.0. The number of fused-ring (bicyclic) bond motifs is 1. The van der Waals surface area contributed by atoms with E-state index in [0.717, 1.165) is 12.8 Å². The van der Waals surface area contributed by atoms with Crippen molar-refractivity contribution in [2.24, 2.45) is 0 Å². The van der Waals surface area contributed by atoms with E-state index in [4.69, 9.17) is 9.47 Å². The van der Waals surface area contributed by atoms with Crippen LogP contribution in [0.4, 0.5) is 4.39 Å². The Kier molecular flexibility index (Phi) is 8.97. The van der Waals surface area contributed by atoms with Crippen molar-refractivity contribution >= 4 is 27.7 Å². The van der Waals surface area contributed by atoms with E-state index in [-0.39, 0.29) is 29.7 Å². The maximum absolute atomic E-state index is 13.9. The Bertz CT molecular complexity index is 1380. The standard InChI is InChI=1S/C28H33FN4O7S/c29-21-9-7-20(8-10-21)26(27(35)30-18-22-4-3-15-40-22)32(12-11-31-13-16-39-17-14-31)25(34)19-33-28(36)23-5-1-2-6-24(23)41(33,37)38/h1-2,5-10,22,26H,3-4,11-19H2,(H,30,35)/t22-,26-/m0/s1. The number of carbonyl (C=O) groups is 3. The highest BCUT2D eigenvalue weighted by Gasteiger charge is 2.43. The Morgan fingerprint density at radius 1 is 1.07 bits per heavy atom. The number of hydrogen-bond donors (Lipinski definition) is 1. The second-order valence-corrected chi connectivity index (χ2v) is 12.0. The van der Waals surface area contributed by atoms with Gasteiger partial charge in [0, 0.05) is 39.3 Å². The van der Waals surface area contributed by atoms with Crippen molar-refractivity contribution in [2.75, 3.05) is 59.1 Å². The zero-order valence-electron chi connectivity index (χ0n) is 22.5. The summed E-state index contributed by atoms with van der Waals surface area (Å²) in [7, 11) is -4.25. The largest absolute Gasteiger partial charge is 0.379 e. The van der Waals surface area contributed by atoms with Crippen LogP contribution in [0.3, 0.4) is 0 Å². The fourth-order valence-electron chi connectivity index (χ4n) is 5.31. The van der Waals surface area contributed by atoms with E-state index in [1.165, 1.54) is 47.4 Å². The molecule has 0 saturated carbocycles. The van der Waals surface area contributed by atoms with Crippen LogP contribution in [0.2, 0.25) is 0 Å². The predicted molar refractivity (Wildman–Crippen MR) is 145 cm³/mol. The highest BCUT2D eigenvalue weighted by atomic mass is 32.2. The molecular formula is C28H33FN4O7S. The summed E-state index contributed by atoms with van der Waals surface area (Å²) in [4.78, 5) is 43.9. The van der Waals surface area contributed by atoms with Crippen LogP contribution in [0.5, 0.6) is 0 Å². The van der Waals surface area contributed by atoms with E-state index in [1.807, 2.05) is 0 Å². The van der Waals surface area contributed by atoms with Gasteiger partial charge in [-0.2, -0.15) is 0 Å². The molecule has 0 radical (unpaired) electrons. The van der Waals surface area contributed by atoms with Gasteiger partial charge in [-0.05, 0) is 42.7 Å². The van der Waals surface area contributed by atoms with Crippen molar-refractivity contribution in [1.29, 1.82) is 0 Å². The molecule has 0 aliphatic carbocycles. The third-order valence-corrected chi connectivity index (χ3v) is 9.33. The monoisotopic (exact) mass is 588 g/mol. The third kappa shape index (κ3) is 6.43. The summed E-state index contributed by atoms with van der Waals surface area (Å²) < 4.78 is 51.8. The Morgan fingerprint density at radius 3 is 2.49 bits per heavy atom. The molecule has 0 spiro atoms. The van der Waals surface area contributed by atoms with Gasteiger partial charge in [-0.25, -0.2) is 17.1 Å². The average Bonchev–Trinajstić information content (AvgIpc) is 3.57. The maximum Gasteiger partial charge on any atom is 0.269 e. The van der Waals surface area contributed by atoms with E-state index < -0.39 is 46.1 Å². The minimum atomic E-state index is -4.25. The number of benzene rings is 2. The molecule has 220 valence electrons. The number of sulfonamides is 1. The molecule has 2 fully saturated rings. The third-order valence-electron chi connectivity index (χ3n) is 7.55. The lowest BCUT2D eigenvalue weighted by Crippen LogP contribution is -2.51. The molecular weight excluding hydrogens is 555 g/mol. The van der Waals surface area contributed by atoms with Gasteiger partial charge in [0.05, 0.1) is 24.9 Å². The topological polar surface area (TPSA) is 126 Å². The van der Waals surface area contributed by atoms with Crippen molar-refractivity contribution < 1.29 is 36.7 Å². The quantitative estimate of drug-likeness (QED) is 0.439. The molecule has 0 unspecified atom stereocenters. The van der Waals surface area contributed by atoms with E-state index in [0.29, 0.717) is 49.3 Å². The van der Waals surface area contributed by atoms with Crippen LogP contribution in [0.1, 0.15) is 34.8 Å². The maximum atomic E-state index is 13.9. The molecule has 2 aromatic rings. The molecule has 2 atom stereocenters. The number of morpholine rings is 1. The van der Waals surface area contributed by atoms with E-state index in [9.17, 15) is 27.2 Å². The van der Waals surface area contributed by atoms with Gasteiger partial charge in [-0.15, -0.1) is 0 Å². The lowest BCUT2D eigenvalue weighted by molar-refractivity contribution is -0.141. The molecule has 3 aliphatic rings. The first kappa shape index (κ1) is 29.1. The van der Waals surface area contributed by atoms with Crippen LogP contribution in [-0.2, 0) is 29.1 Å². The van der Waals surface area contributed by atoms with Crippen LogP contribution in [0.15, 0.2) is 53.4 Å². The first-order valence-electron chi connectivity index (χ1n) is 13.7. The van der Waals surface area contributed by atoms with Crippen LogP contribution in [0, 0.1) is 5.82 Å². The Labute approximate surface area is 238 Å². The minimum Gasteiger partial charge on any atom is -0.379 e. The summed E-state index contributed by atoms with van der Waals surface area (Å²) in [6.45, 7) is 2.80. The van der Waals surface area contributed by atoms with Gasteiger partial charge in [0.25, 0.3) is 15.9 Å². The van der Waals surface area contributed by atoms with Crippen LogP contribution in [-0.4, -0.2) is 105 Å². The second kappa shape index (κ2) is 12.6. The average molecular weight is 589 g/mol. The summed E-state index contributed by atoms with van der Waals surface area (Å²) in [5.41, 5.74) is 0.343. The van der Waals surface area contributed by atoms with Crippen molar-refractivity contribution in [1.82, 2.24) is 19.4 Å². The highest BCUT2D eigenvalue weighted by Crippen LogP contribution is 2.31. The highest BCUT2D eigenvalue weighted by molar-refractivity contribution is 7.90. The Balaban J connectivity index is 1.44. The smallest absolute Gasteiger partial charge is 0.269 e. The minimum absolute atomic E-state index is 0.00967. The predicted octanol–water partition coefficient (Wildman–Crippen LogP) is 1.17. The normalized spacial score (nSPS) is 21.0.